The van der Waals surface area contributed by atoms with Gasteiger partial charge in [-0.15, -0.1) is 0 Å². The highest BCUT2D eigenvalue weighted by Gasteiger charge is 2.24. The van der Waals surface area contributed by atoms with Crippen LogP contribution in [0.25, 0.3) is 22.2 Å². The molecule has 230 valence electrons. The zero-order valence-electron chi connectivity index (χ0n) is 24.9. The Balaban J connectivity index is 1.82. The van der Waals surface area contributed by atoms with Crippen molar-refractivity contribution in [3.8, 4) is 16.9 Å². The summed E-state index contributed by atoms with van der Waals surface area (Å²) in [5.41, 5.74) is 3.07. The van der Waals surface area contributed by atoms with Gasteiger partial charge in [0.2, 0.25) is 0 Å². The first-order chi connectivity index (χ1) is 20.8. The summed E-state index contributed by atoms with van der Waals surface area (Å²) in [5.74, 6) is 0.0658. The zero-order valence-corrected chi connectivity index (χ0v) is 25.8. The van der Waals surface area contributed by atoms with Gasteiger partial charge >= 0.3 is 20.5 Å². The molecule has 2 N–H and O–H groups in total. The third-order valence-electron chi connectivity index (χ3n) is 5.96. The van der Waals surface area contributed by atoms with E-state index >= 15 is 0 Å². The van der Waals surface area contributed by atoms with Crippen molar-refractivity contribution in [1.29, 1.82) is 0 Å². The van der Waals surface area contributed by atoms with Crippen LogP contribution in [0.1, 0.15) is 34.1 Å². The van der Waals surface area contributed by atoms with Crippen LogP contribution in [0.2, 0.25) is 0 Å². The van der Waals surface area contributed by atoms with E-state index in [1.165, 1.54) is 24.2 Å². The number of allylic oxidation sites excluding steroid dienone is 1. The van der Waals surface area contributed by atoms with Gasteiger partial charge in [-0.3, -0.25) is 24.5 Å². The Morgan fingerprint density at radius 2 is 1.79 bits per heavy atom. The number of para-hydroxylation sites is 2. The van der Waals surface area contributed by atoms with Crippen LogP contribution < -0.4 is 14.9 Å². The van der Waals surface area contributed by atoms with Crippen molar-refractivity contribution >= 4 is 37.8 Å². The lowest BCUT2D eigenvalue weighted by Crippen LogP contribution is -2.43. The highest BCUT2D eigenvalue weighted by Crippen LogP contribution is 2.42. The Bertz CT molecular complexity index is 1380. The van der Waals surface area contributed by atoms with Gasteiger partial charge in [0, 0.05) is 36.8 Å². The molecule has 0 fully saturated rings. The van der Waals surface area contributed by atoms with Crippen LogP contribution in [0.5, 0.6) is 5.75 Å². The molecule has 12 nitrogen and oxygen atoms in total. The van der Waals surface area contributed by atoms with Crippen molar-refractivity contribution in [1.82, 2.24) is 25.3 Å². The van der Waals surface area contributed by atoms with Crippen LogP contribution in [0.15, 0.2) is 67.1 Å². The molecule has 0 aliphatic heterocycles. The maximum absolute atomic E-state index is 12.3. The number of aldehydes is 1. The van der Waals surface area contributed by atoms with E-state index in [4.69, 9.17) is 18.5 Å². The third-order valence-corrected chi connectivity index (χ3v) is 7.13. The molecule has 2 amide bonds. The van der Waals surface area contributed by atoms with E-state index in [1.807, 2.05) is 49.4 Å². The van der Waals surface area contributed by atoms with Gasteiger partial charge in [0.05, 0.1) is 29.8 Å². The fraction of sp³-hybridized carbons (Fsp3) is 0.367. The number of benzene rings is 2. The number of hydrogen-bond donors (Lipinski definition) is 2. The van der Waals surface area contributed by atoms with E-state index in [0.29, 0.717) is 18.5 Å². The van der Waals surface area contributed by atoms with E-state index in [-0.39, 0.29) is 19.3 Å². The molecule has 3 aromatic rings. The van der Waals surface area contributed by atoms with Crippen molar-refractivity contribution in [2.45, 2.75) is 52.6 Å². The lowest BCUT2D eigenvalue weighted by Gasteiger charge is -2.29. The van der Waals surface area contributed by atoms with Crippen molar-refractivity contribution in [3.05, 3.63) is 67.1 Å². The Morgan fingerprint density at radius 1 is 1.05 bits per heavy atom. The molecule has 3 rings (SSSR count). The lowest BCUT2D eigenvalue weighted by molar-refractivity contribution is -0.145. The number of carbonyl (C=O) groups excluding carboxylic acids is 3. The van der Waals surface area contributed by atoms with Gasteiger partial charge in [-0.1, -0.05) is 37.3 Å². The van der Waals surface area contributed by atoms with Crippen molar-refractivity contribution in [2.24, 2.45) is 0 Å². The molecule has 1 heterocycles. The summed E-state index contributed by atoms with van der Waals surface area (Å²) in [6, 6.07) is 12.8. The first kappa shape index (κ1) is 33.5. The Kier molecular flexibility index (Phi) is 13.4. The summed E-state index contributed by atoms with van der Waals surface area (Å²) in [6.45, 7) is 7.09. The second-order valence-electron chi connectivity index (χ2n) is 9.45. The predicted octanol–water partition coefficient (Wildman–Crippen LogP) is 4.96. The highest BCUT2D eigenvalue weighted by atomic mass is 31.2. The van der Waals surface area contributed by atoms with E-state index in [9.17, 15) is 14.4 Å². The second-order valence-corrected chi connectivity index (χ2v) is 10.7. The number of nitrogens with one attached hydrogen (secondary N) is 2. The third kappa shape index (κ3) is 10.1. The number of esters is 1. The molecule has 0 saturated heterocycles. The molecular formula is C30H38N5O7P. The summed E-state index contributed by atoms with van der Waals surface area (Å²) < 4.78 is 23.9. The number of hydrogen-bond acceptors (Lipinski definition) is 10. The molecule has 13 heteroatoms. The molecule has 3 atom stereocenters. The molecule has 2 aromatic carbocycles. The first-order valence-electron chi connectivity index (χ1n) is 13.9. The fourth-order valence-electron chi connectivity index (χ4n) is 3.97. The predicted molar refractivity (Wildman–Crippen MR) is 164 cm³/mol. The molecule has 0 radical (unpaired) electrons. The number of rotatable bonds is 16. The molecule has 1 aromatic heterocycles. The minimum Gasteiger partial charge on any atom is -0.462 e. The Hall–Kier alpha value is -3.96. The Morgan fingerprint density at radius 3 is 2.51 bits per heavy atom. The number of carbonyl (C=O) groups is 3. The maximum atomic E-state index is 12.3. The second kappa shape index (κ2) is 17.2. The molecule has 0 bridgehead atoms. The van der Waals surface area contributed by atoms with Crippen LogP contribution in [0.3, 0.4) is 0 Å². The monoisotopic (exact) mass is 611 g/mol. The smallest absolute Gasteiger partial charge is 0.323 e. The summed E-state index contributed by atoms with van der Waals surface area (Å²) in [4.78, 5) is 45.7. The number of amides is 2. The minimum atomic E-state index is -1.87. The average Bonchev–Trinajstić information content (AvgIpc) is 3.01. The highest BCUT2D eigenvalue weighted by molar-refractivity contribution is 7.45. The number of fused-ring (bicyclic) bond motifs is 1. The molecule has 0 aliphatic carbocycles. The van der Waals surface area contributed by atoms with E-state index in [1.54, 1.807) is 33.2 Å². The number of nitrogens with zero attached hydrogens (tertiary/aromatic N) is 3. The molecule has 0 spiro atoms. The topological polar surface area (TPSA) is 141 Å². The molecule has 43 heavy (non-hydrogen) atoms. The maximum Gasteiger partial charge on any atom is 0.323 e. The van der Waals surface area contributed by atoms with Crippen LogP contribution in [-0.4, -0.2) is 71.8 Å². The molecule has 0 saturated carbocycles. The quantitative estimate of drug-likeness (QED) is 0.0751. The van der Waals surface area contributed by atoms with Gasteiger partial charge in [-0.05, 0) is 45.4 Å². The summed E-state index contributed by atoms with van der Waals surface area (Å²) >= 11 is 0. The minimum absolute atomic E-state index is 0.0830. The van der Waals surface area contributed by atoms with Crippen LogP contribution in [0.4, 0.5) is 4.79 Å². The van der Waals surface area contributed by atoms with E-state index in [0.717, 1.165) is 22.2 Å². The summed E-state index contributed by atoms with van der Waals surface area (Å²) in [6.07, 6.45) is 5.52. The molecule has 3 unspecified atom stereocenters. The van der Waals surface area contributed by atoms with Crippen molar-refractivity contribution in [3.63, 3.8) is 0 Å². The summed E-state index contributed by atoms with van der Waals surface area (Å²) in [7, 11) is -0.381. The standard InChI is InChI=1S/C30H38N5O7P/c1-6-23(41-22(4)35(17-10-18-36)30(38)31-5)20-39-43(34-19-28(37)40-21(2)3)42-27-14-8-7-11-24(27)25-12-9-13-26-29(25)33-16-15-32-26/h7-18,21-23,34H,6,19-20H2,1-5H3,(H,31,38)/b17-10-. The lowest BCUT2D eigenvalue weighted by atomic mass is 10.0. The van der Waals surface area contributed by atoms with Crippen molar-refractivity contribution < 1.29 is 32.9 Å². The van der Waals surface area contributed by atoms with Gasteiger partial charge in [-0.25, -0.2) is 9.88 Å². The van der Waals surface area contributed by atoms with Gasteiger partial charge in [0.1, 0.15) is 24.8 Å². The first-order valence-corrected chi connectivity index (χ1v) is 15.1. The van der Waals surface area contributed by atoms with Crippen LogP contribution >= 0.6 is 8.53 Å². The largest absolute Gasteiger partial charge is 0.462 e. The molecule has 0 aliphatic rings. The van der Waals surface area contributed by atoms with Gasteiger partial charge in [0.15, 0.2) is 0 Å². The number of ether oxygens (including phenoxy) is 2. The van der Waals surface area contributed by atoms with Crippen molar-refractivity contribution in [2.75, 3.05) is 20.2 Å². The van der Waals surface area contributed by atoms with Gasteiger partial charge < -0.3 is 23.8 Å². The molecular weight excluding hydrogens is 573 g/mol. The average molecular weight is 612 g/mol. The number of aromatic nitrogens is 2. The number of urea groups is 1. The van der Waals surface area contributed by atoms with Gasteiger partial charge in [-0.2, -0.15) is 0 Å². The summed E-state index contributed by atoms with van der Waals surface area (Å²) in [5, 5.41) is 5.56. The van der Waals surface area contributed by atoms with E-state index in [2.05, 4.69) is 20.4 Å². The SMILES string of the molecule is CCC(COP(NCC(=O)OC(C)C)Oc1ccccc1-c1cccc2nccnc12)OC(C)N(/C=C\C=O)C(=O)NC. The van der Waals surface area contributed by atoms with Gasteiger partial charge in [0.25, 0.3) is 0 Å². The van der Waals surface area contributed by atoms with Crippen LogP contribution in [0, 0.1) is 0 Å². The van der Waals surface area contributed by atoms with E-state index < -0.39 is 32.9 Å². The van der Waals surface area contributed by atoms with Crippen LogP contribution in [-0.2, 0) is 23.6 Å². The normalized spacial score (nSPS) is 13.4. The zero-order chi connectivity index (χ0) is 31.2. The fourth-order valence-corrected chi connectivity index (χ4v) is 5.07. The Labute approximate surface area is 252 Å².